The van der Waals surface area contributed by atoms with Crippen LogP contribution in [0.3, 0.4) is 0 Å². The van der Waals surface area contributed by atoms with Gasteiger partial charge in [-0.15, -0.1) is 0 Å². The number of rotatable bonds is 9. The van der Waals surface area contributed by atoms with Crippen LogP contribution in [0.25, 0.3) is 0 Å². The number of anilines is 1. The lowest BCUT2D eigenvalue weighted by molar-refractivity contribution is -0.135. The van der Waals surface area contributed by atoms with Crippen LogP contribution in [0.2, 0.25) is 0 Å². The Morgan fingerprint density at radius 1 is 1.14 bits per heavy atom. The first kappa shape index (κ1) is 25.2. The fraction of sp³-hybridized carbons (Fsp3) is 0.783. The number of unbranched alkanes of at least 4 members (excludes halogenated alkanes) is 2. The third-order valence-electron chi connectivity index (χ3n) is 4.65. The first-order valence-corrected chi connectivity index (χ1v) is 10.9. The van der Waals surface area contributed by atoms with Gasteiger partial charge in [-0.1, -0.05) is 54.4 Å². The summed E-state index contributed by atoms with van der Waals surface area (Å²) in [4.78, 5) is 27.2. The second kappa shape index (κ2) is 10.3. The molecule has 0 unspecified atom stereocenters. The number of hydrogen-bond acceptors (Lipinski definition) is 3. The highest BCUT2D eigenvalue weighted by Crippen LogP contribution is 2.28. The van der Waals surface area contributed by atoms with Gasteiger partial charge in [-0.05, 0) is 33.1 Å². The molecule has 0 aliphatic carbocycles. The number of hydrogen-bond donors (Lipinski definition) is 1. The fourth-order valence-electron chi connectivity index (χ4n) is 3.08. The second-order valence-corrected chi connectivity index (χ2v) is 10.4. The highest BCUT2D eigenvalue weighted by Gasteiger charge is 2.26. The molecule has 0 bridgehead atoms. The van der Waals surface area contributed by atoms with Crippen molar-refractivity contribution >= 4 is 17.6 Å². The predicted octanol–water partition coefficient (Wildman–Crippen LogP) is 4.94. The van der Waals surface area contributed by atoms with Crippen LogP contribution >= 0.6 is 0 Å². The van der Waals surface area contributed by atoms with Gasteiger partial charge in [-0.3, -0.25) is 9.59 Å². The molecule has 29 heavy (non-hydrogen) atoms. The smallest absolute Gasteiger partial charge is 0.245 e. The highest BCUT2D eigenvalue weighted by molar-refractivity contribution is 5.94. The third kappa shape index (κ3) is 8.19. The molecule has 0 aliphatic rings. The summed E-state index contributed by atoms with van der Waals surface area (Å²) >= 11 is 0. The van der Waals surface area contributed by atoms with Crippen LogP contribution in [0.5, 0.6) is 0 Å². The van der Waals surface area contributed by atoms with Gasteiger partial charge in [0, 0.05) is 24.4 Å². The first-order chi connectivity index (χ1) is 13.3. The van der Waals surface area contributed by atoms with Gasteiger partial charge < -0.3 is 10.2 Å². The maximum Gasteiger partial charge on any atom is 0.245 e. The van der Waals surface area contributed by atoms with E-state index in [2.05, 4.69) is 67.6 Å². The van der Waals surface area contributed by atoms with Crippen molar-refractivity contribution < 1.29 is 9.59 Å². The van der Waals surface area contributed by atoms with Crippen LogP contribution < -0.4 is 5.32 Å². The molecule has 6 heteroatoms. The number of nitrogens with zero attached hydrogens (tertiary/aromatic N) is 3. The number of nitrogens with one attached hydrogen (secondary N) is 1. The zero-order valence-corrected chi connectivity index (χ0v) is 20.1. The minimum absolute atomic E-state index is 0.0574. The Bertz CT molecular complexity index is 678. The molecule has 2 amide bonds. The Balaban J connectivity index is 2.97. The van der Waals surface area contributed by atoms with Gasteiger partial charge in [-0.2, -0.15) is 5.10 Å². The number of carbonyl (C=O) groups is 2. The van der Waals surface area contributed by atoms with Crippen LogP contribution in [0.4, 0.5) is 5.82 Å². The van der Waals surface area contributed by atoms with Crippen LogP contribution in [-0.2, 0) is 20.5 Å². The Morgan fingerprint density at radius 2 is 1.76 bits per heavy atom. The second-order valence-electron chi connectivity index (χ2n) is 10.4. The van der Waals surface area contributed by atoms with E-state index < -0.39 is 0 Å². The Labute approximate surface area is 177 Å². The number of carbonyl (C=O) groups excluding carboxylic acids is 2. The maximum atomic E-state index is 12.8. The maximum absolute atomic E-state index is 12.8. The van der Waals surface area contributed by atoms with Crippen LogP contribution in [0.15, 0.2) is 6.07 Å². The van der Waals surface area contributed by atoms with Crippen molar-refractivity contribution in [1.82, 2.24) is 14.7 Å². The van der Waals surface area contributed by atoms with Crippen molar-refractivity contribution in [2.45, 2.75) is 99.0 Å². The lowest BCUT2D eigenvalue weighted by atomic mass is 9.92. The summed E-state index contributed by atoms with van der Waals surface area (Å²) in [5, 5.41) is 7.74. The molecule has 0 atom stereocenters. The van der Waals surface area contributed by atoms with Crippen molar-refractivity contribution in [2.24, 2.45) is 5.92 Å². The molecule has 0 fully saturated rings. The lowest BCUT2D eigenvalue weighted by Gasteiger charge is -2.25. The standard InChI is InChI=1S/C23H42N4O2/c1-10-11-12-13-21(29)26(15-17(2)3)16-20(28)24-19-14-18(22(4,5)6)25-27(19)23(7,8)9/h14,17H,10-13,15-16H2,1-9H3,(H,24,28). The molecule has 1 aromatic rings. The van der Waals surface area contributed by atoms with E-state index in [9.17, 15) is 9.59 Å². The molecule has 0 radical (unpaired) electrons. The van der Waals surface area contributed by atoms with Gasteiger partial charge in [-0.25, -0.2) is 4.68 Å². The average molecular weight is 407 g/mol. The third-order valence-corrected chi connectivity index (χ3v) is 4.65. The van der Waals surface area contributed by atoms with Crippen LogP contribution in [-0.4, -0.2) is 39.6 Å². The number of amides is 2. The molecule has 6 nitrogen and oxygen atoms in total. The highest BCUT2D eigenvalue weighted by atomic mass is 16.2. The van der Waals surface area contributed by atoms with E-state index in [1.807, 2.05) is 10.7 Å². The van der Waals surface area contributed by atoms with E-state index in [0.29, 0.717) is 24.7 Å². The monoisotopic (exact) mass is 406 g/mol. The summed E-state index contributed by atoms with van der Waals surface area (Å²) in [6, 6.07) is 1.94. The number of aromatic nitrogens is 2. The molecule has 1 aromatic heterocycles. The van der Waals surface area contributed by atoms with E-state index in [0.717, 1.165) is 25.0 Å². The van der Waals surface area contributed by atoms with Crippen molar-refractivity contribution in [2.75, 3.05) is 18.4 Å². The largest absolute Gasteiger partial charge is 0.333 e. The molecule has 0 saturated carbocycles. The van der Waals surface area contributed by atoms with Gasteiger partial charge >= 0.3 is 0 Å². The zero-order chi connectivity index (χ0) is 22.4. The van der Waals surface area contributed by atoms with Crippen LogP contribution in [0, 0.1) is 5.92 Å². The summed E-state index contributed by atoms with van der Waals surface area (Å²) in [6.07, 6.45) is 3.48. The molecule has 0 aliphatic heterocycles. The van der Waals surface area contributed by atoms with Gasteiger partial charge in [0.05, 0.1) is 17.8 Å². The van der Waals surface area contributed by atoms with Gasteiger partial charge in [0.1, 0.15) is 5.82 Å². The van der Waals surface area contributed by atoms with Gasteiger partial charge in [0.15, 0.2) is 0 Å². The fourth-order valence-corrected chi connectivity index (χ4v) is 3.08. The molecule has 0 spiro atoms. The normalized spacial score (nSPS) is 12.3. The Hall–Kier alpha value is -1.85. The average Bonchev–Trinajstić information content (AvgIpc) is 2.98. The van der Waals surface area contributed by atoms with E-state index in [-0.39, 0.29) is 29.3 Å². The van der Waals surface area contributed by atoms with Crippen molar-refractivity contribution in [1.29, 1.82) is 0 Å². The molecule has 0 saturated heterocycles. The Kier molecular flexibility index (Phi) is 8.91. The minimum atomic E-state index is -0.264. The topological polar surface area (TPSA) is 67.2 Å². The van der Waals surface area contributed by atoms with E-state index >= 15 is 0 Å². The predicted molar refractivity (Wildman–Crippen MR) is 120 cm³/mol. The zero-order valence-electron chi connectivity index (χ0n) is 20.1. The molecule has 1 heterocycles. The van der Waals surface area contributed by atoms with Crippen LogP contribution in [0.1, 0.15) is 93.7 Å². The lowest BCUT2D eigenvalue weighted by Crippen LogP contribution is -2.40. The Morgan fingerprint density at radius 3 is 2.24 bits per heavy atom. The first-order valence-electron chi connectivity index (χ1n) is 10.9. The quantitative estimate of drug-likeness (QED) is 0.591. The van der Waals surface area contributed by atoms with Crippen molar-refractivity contribution in [3.63, 3.8) is 0 Å². The van der Waals surface area contributed by atoms with Gasteiger partial charge in [0.2, 0.25) is 11.8 Å². The molecule has 0 aromatic carbocycles. The molecular weight excluding hydrogens is 364 g/mol. The minimum Gasteiger partial charge on any atom is -0.333 e. The van der Waals surface area contributed by atoms with E-state index in [4.69, 9.17) is 5.10 Å². The summed E-state index contributed by atoms with van der Waals surface area (Å²) in [7, 11) is 0. The summed E-state index contributed by atoms with van der Waals surface area (Å²) < 4.78 is 1.86. The molecule has 1 N–H and O–H groups in total. The molecule has 166 valence electrons. The molecule has 1 rings (SSSR count). The van der Waals surface area contributed by atoms with Crippen molar-refractivity contribution in [3.05, 3.63) is 11.8 Å². The summed E-state index contributed by atoms with van der Waals surface area (Å²) in [6.45, 7) is 19.4. The van der Waals surface area contributed by atoms with E-state index in [1.165, 1.54) is 0 Å². The SMILES string of the molecule is CCCCCC(=O)N(CC(=O)Nc1cc(C(C)(C)C)nn1C(C)(C)C)CC(C)C. The summed E-state index contributed by atoms with van der Waals surface area (Å²) in [5.41, 5.74) is 0.548. The van der Waals surface area contributed by atoms with E-state index in [1.54, 1.807) is 4.90 Å². The molecular formula is C23H42N4O2. The van der Waals surface area contributed by atoms with Crippen molar-refractivity contribution in [3.8, 4) is 0 Å². The summed E-state index contributed by atoms with van der Waals surface area (Å²) in [5.74, 6) is 0.864. The van der Waals surface area contributed by atoms with Gasteiger partial charge in [0.25, 0.3) is 0 Å².